The van der Waals surface area contributed by atoms with Crippen molar-refractivity contribution in [1.82, 2.24) is 10.2 Å². The van der Waals surface area contributed by atoms with E-state index in [4.69, 9.17) is 9.47 Å². The summed E-state index contributed by atoms with van der Waals surface area (Å²) < 4.78 is 10.8. The van der Waals surface area contributed by atoms with Gasteiger partial charge in [0.15, 0.2) is 6.29 Å². The van der Waals surface area contributed by atoms with Crippen molar-refractivity contribution in [2.45, 2.75) is 39.4 Å². The molecule has 1 amide bonds. The number of nitrogens with one attached hydrogen (secondary N) is 1. The third-order valence-corrected chi connectivity index (χ3v) is 3.00. The van der Waals surface area contributed by atoms with Gasteiger partial charge in [-0.15, -0.1) is 0 Å². The summed E-state index contributed by atoms with van der Waals surface area (Å²) in [7, 11) is 0. The topological polar surface area (TPSA) is 50.8 Å². The third kappa shape index (κ3) is 5.80. The summed E-state index contributed by atoms with van der Waals surface area (Å²) in [6.07, 6.45) is 3.25. The quantitative estimate of drug-likeness (QED) is 0.660. The van der Waals surface area contributed by atoms with Gasteiger partial charge in [0, 0.05) is 32.8 Å². The molecule has 0 bridgehead atoms. The van der Waals surface area contributed by atoms with Crippen LogP contribution in [0.1, 0.15) is 33.1 Å². The van der Waals surface area contributed by atoms with E-state index in [1.165, 1.54) is 6.42 Å². The van der Waals surface area contributed by atoms with Crippen LogP contribution in [0.25, 0.3) is 0 Å². The predicted octanol–water partition coefficient (Wildman–Crippen LogP) is 0.988. The third-order valence-electron chi connectivity index (χ3n) is 3.00. The molecule has 0 spiro atoms. The molecule has 5 nitrogen and oxygen atoms in total. The van der Waals surface area contributed by atoms with E-state index in [-0.39, 0.29) is 12.2 Å². The Balaban J connectivity index is 2.16. The highest BCUT2D eigenvalue weighted by molar-refractivity contribution is 5.78. The molecule has 0 aromatic heterocycles. The fourth-order valence-corrected chi connectivity index (χ4v) is 2.09. The van der Waals surface area contributed by atoms with Crippen LogP contribution in [0, 0.1) is 0 Å². The molecule has 0 aromatic rings. The van der Waals surface area contributed by atoms with Crippen molar-refractivity contribution in [2.75, 3.05) is 39.4 Å². The van der Waals surface area contributed by atoms with Crippen molar-refractivity contribution in [2.24, 2.45) is 0 Å². The van der Waals surface area contributed by atoms with Gasteiger partial charge in [-0.05, 0) is 33.1 Å². The van der Waals surface area contributed by atoms with Crippen molar-refractivity contribution in [1.29, 1.82) is 0 Å². The molecule has 0 aliphatic carbocycles. The zero-order valence-electron chi connectivity index (χ0n) is 11.6. The number of nitrogens with zero attached hydrogens (tertiary/aromatic N) is 1. The van der Waals surface area contributed by atoms with E-state index in [9.17, 15) is 4.79 Å². The maximum absolute atomic E-state index is 11.9. The van der Waals surface area contributed by atoms with E-state index in [1.54, 1.807) is 0 Å². The summed E-state index contributed by atoms with van der Waals surface area (Å²) in [6.45, 7) is 7.84. The lowest BCUT2D eigenvalue weighted by molar-refractivity contribution is -0.137. The molecule has 106 valence electrons. The number of rotatable bonds is 8. The van der Waals surface area contributed by atoms with Crippen molar-refractivity contribution in [3.05, 3.63) is 0 Å². The first-order chi connectivity index (χ1) is 8.77. The number of piperidine rings is 1. The minimum atomic E-state index is -0.255. The molecule has 0 atom stereocenters. The van der Waals surface area contributed by atoms with E-state index in [2.05, 4.69) is 5.32 Å². The fraction of sp³-hybridized carbons (Fsp3) is 0.923. The molecule has 1 aliphatic heterocycles. The van der Waals surface area contributed by atoms with Gasteiger partial charge in [-0.3, -0.25) is 4.79 Å². The Morgan fingerprint density at radius 3 is 2.33 bits per heavy atom. The number of ether oxygens (including phenoxy) is 2. The molecule has 1 aliphatic rings. The number of amides is 1. The molecule has 0 saturated carbocycles. The van der Waals surface area contributed by atoms with Gasteiger partial charge in [-0.25, -0.2) is 0 Å². The van der Waals surface area contributed by atoms with Crippen LogP contribution in [0.3, 0.4) is 0 Å². The summed E-state index contributed by atoms with van der Waals surface area (Å²) in [5, 5.41) is 3.11. The van der Waals surface area contributed by atoms with Crippen LogP contribution >= 0.6 is 0 Å². The number of carbonyl (C=O) groups is 1. The van der Waals surface area contributed by atoms with Crippen molar-refractivity contribution < 1.29 is 14.3 Å². The van der Waals surface area contributed by atoms with Gasteiger partial charge in [0.2, 0.25) is 5.91 Å². The van der Waals surface area contributed by atoms with Gasteiger partial charge < -0.3 is 19.7 Å². The van der Waals surface area contributed by atoms with Gasteiger partial charge in [-0.2, -0.15) is 0 Å². The van der Waals surface area contributed by atoms with E-state index < -0.39 is 0 Å². The highest BCUT2D eigenvalue weighted by Gasteiger charge is 2.16. The monoisotopic (exact) mass is 258 g/mol. The summed E-state index contributed by atoms with van der Waals surface area (Å²) in [5.41, 5.74) is 0. The second kappa shape index (κ2) is 9.30. The number of hydrogen-bond acceptors (Lipinski definition) is 4. The predicted molar refractivity (Wildman–Crippen MR) is 70.3 cm³/mol. The Hall–Kier alpha value is -0.650. The highest BCUT2D eigenvalue weighted by Crippen LogP contribution is 2.08. The molecule has 1 rings (SSSR count). The summed E-state index contributed by atoms with van der Waals surface area (Å²) >= 11 is 0. The molecule has 0 radical (unpaired) electrons. The van der Waals surface area contributed by atoms with Gasteiger partial charge in [0.05, 0.1) is 6.54 Å². The van der Waals surface area contributed by atoms with Crippen LogP contribution in [-0.2, 0) is 14.3 Å². The smallest absolute Gasteiger partial charge is 0.236 e. The molecule has 0 unspecified atom stereocenters. The lowest BCUT2D eigenvalue weighted by Crippen LogP contribution is -2.43. The Bertz CT molecular complexity index is 224. The zero-order chi connectivity index (χ0) is 13.2. The molecule has 5 heteroatoms. The number of carbonyl (C=O) groups excluding carboxylic acids is 1. The van der Waals surface area contributed by atoms with Gasteiger partial charge in [-0.1, -0.05) is 0 Å². The van der Waals surface area contributed by atoms with E-state index in [0.29, 0.717) is 26.3 Å². The highest BCUT2D eigenvalue weighted by atomic mass is 16.7. The second-order valence-electron chi connectivity index (χ2n) is 4.41. The first-order valence-electron chi connectivity index (χ1n) is 6.99. The Morgan fingerprint density at radius 1 is 1.17 bits per heavy atom. The first-order valence-corrected chi connectivity index (χ1v) is 6.99. The van der Waals surface area contributed by atoms with Crippen LogP contribution in [0.2, 0.25) is 0 Å². The Morgan fingerprint density at radius 2 is 1.78 bits per heavy atom. The maximum Gasteiger partial charge on any atom is 0.236 e. The van der Waals surface area contributed by atoms with E-state index in [0.717, 1.165) is 25.9 Å². The zero-order valence-corrected chi connectivity index (χ0v) is 11.6. The maximum atomic E-state index is 11.9. The summed E-state index contributed by atoms with van der Waals surface area (Å²) in [4.78, 5) is 13.8. The normalized spacial score (nSPS) is 16.3. The average molecular weight is 258 g/mol. The van der Waals surface area contributed by atoms with Gasteiger partial charge in [0.25, 0.3) is 0 Å². The first kappa shape index (κ1) is 15.4. The summed E-state index contributed by atoms with van der Waals surface area (Å²) in [6, 6.07) is 0. The molecule has 1 fully saturated rings. The molecule has 1 heterocycles. The van der Waals surface area contributed by atoms with Crippen molar-refractivity contribution in [3.63, 3.8) is 0 Å². The Labute approximate surface area is 110 Å². The standard InChI is InChI=1S/C13H26N2O3/c1-3-17-13(18-4-2)11-14-10-12(16)15-8-6-5-7-9-15/h13-14H,3-11H2,1-2H3. The SMILES string of the molecule is CCOC(CNCC(=O)N1CCCCC1)OCC. The van der Waals surface area contributed by atoms with Crippen LogP contribution in [0.15, 0.2) is 0 Å². The van der Waals surface area contributed by atoms with Crippen LogP contribution in [0.5, 0.6) is 0 Å². The van der Waals surface area contributed by atoms with E-state index in [1.807, 2.05) is 18.7 Å². The molecule has 0 aromatic carbocycles. The van der Waals surface area contributed by atoms with Crippen molar-refractivity contribution in [3.8, 4) is 0 Å². The molecular formula is C13H26N2O3. The van der Waals surface area contributed by atoms with Crippen LogP contribution in [-0.4, -0.2) is 56.5 Å². The van der Waals surface area contributed by atoms with Crippen LogP contribution < -0.4 is 5.32 Å². The molecule has 1 saturated heterocycles. The molecular weight excluding hydrogens is 232 g/mol. The van der Waals surface area contributed by atoms with Gasteiger partial charge in [0.1, 0.15) is 0 Å². The summed E-state index contributed by atoms with van der Waals surface area (Å²) in [5.74, 6) is 0.182. The minimum Gasteiger partial charge on any atom is -0.352 e. The van der Waals surface area contributed by atoms with Crippen LogP contribution in [0.4, 0.5) is 0 Å². The second-order valence-corrected chi connectivity index (χ2v) is 4.41. The van der Waals surface area contributed by atoms with Crippen molar-refractivity contribution >= 4 is 5.91 Å². The Kier molecular flexibility index (Phi) is 7.96. The number of hydrogen-bond donors (Lipinski definition) is 1. The number of likely N-dealkylation sites (tertiary alicyclic amines) is 1. The lowest BCUT2D eigenvalue weighted by Gasteiger charge is -2.27. The molecule has 1 N–H and O–H groups in total. The van der Waals surface area contributed by atoms with Gasteiger partial charge >= 0.3 is 0 Å². The average Bonchev–Trinajstić information content (AvgIpc) is 2.40. The largest absolute Gasteiger partial charge is 0.352 e. The fourth-order valence-electron chi connectivity index (χ4n) is 2.09. The molecule has 18 heavy (non-hydrogen) atoms. The van der Waals surface area contributed by atoms with E-state index >= 15 is 0 Å². The minimum absolute atomic E-state index is 0.182. The lowest BCUT2D eigenvalue weighted by atomic mass is 10.1.